The van der Waals surface area contributed by atoms with Crippen LogP contribution in [0.5, 0.6) is 17.2 Å². The summed E-state index contributed by atoms with van der Waals surface area (Å²) in [5.41, 5.74) is 1.21. The summed E-state index contributed by atoms with van der Waals surface area (Å²) in [5.74, 6) is 1.55. The highest BCUT2D eigenvalue weighted by Crippen LogP contribution is 2.49. The van der Waals surface area contributed by atoms with Crippen LogP contribution in [0.25, 0.3) is 0 Å². The molecule has 0 radical (unpaired) electrons. The number of rotatable bonds is 2. The Bertz CT molecular complexity index is 804. The molecule has 0 N–H and O–H groups in total. The minimum Gasteiger partial charge on any atom is -0.493 e. The molecule has 1 aromatic rings. The Kier molecular flexibility index (Phi) is 3.52. The molecule has 1 atom stereocenters. The quantitative estimate of drug-likeness (QED) is 0.768. The fourth-order valence-corrected chi connectivity index (χ4v) is 3.84. The predicted octanol–water partition coefficient (Wildman–Crippen LogP) is 3.10. The highest BCUT2D eigenvalue weighted by Gasteiger charge is 2.42. The van der Waals surface area contributed by atoms with Gasteiger partial charge in [0, 0.05) is 24.3 Å². The maximum Gasteiger partial charge on any atom is 0.311 e. The lowest BCUT2D eigenvalue weighted by Crippen LogP contribution is -2.33. The van der Waals surface area contributed by atoms with E-state index in [9.17, 15) is 9.59 Å². The van der Waals surface area contributed by atoms with Gasteiger partial charge in [0.05, 0.1) is 13.5 Å². The van der Waals surface area contributed by atoms with Crippen molar-refractivity contribution in [3.8, 4) is 17.2 Å². The summed E-state index contributed by atoms with van der Waals surface area (Å²) in [6, 6.07) is 3.64. The minimum absolute atomic E-state index is 0.0420. The van der Waals surface area contributed by atoms with Gasteiger partial charge in [-0.1, -0.05) is 13.8 Å². The van der Waals surface area contributed by atoms with Crippen LogP contribution in [0.15, 0.2) is 23.5 Å². The van der Waals surface area contributed by atoms with E-state index in [4.69, 9.17) is 18.9 Å². The molecule has 0 fully saturated rings. The van der Waals surface area contributed by atoms with Gasteiger partial charge in [0.25, 0.3) is 0 Å². The molecular weight excluding hydrogens is 324 g/mol. The second-order valence-electron chi connectivity index (χ2n) is 7.47. The average Bonchev–Trinajstić information content (AvgIpc) is 2.99. The first-order valence-corrected chi connectivity index (χ1v) is 8.32. The van der Waals surface area contributed by atoms with Crippen LogP contribution in [0.1, 0.15) is 44.6 Å². The molecule has 3 aliphatic rings. The van der Waals surface area contributed by atoms with E-state index >= 15 is 0 Å². The lowest BCUT2D eigenvalue weighted by Gasteiger charge is -2.36. The molecule has 1 aromatic carbocycles. The van der Waals surface area contributed by atoms with Crippen LogP contribution in [0.4, 0.5) is 0 Å². The van der Waals surface area contributed by atoms with Crippen molar-refractivity contribution in [2.45, 2.75) is 39.0 Å². The SMILES string of the molecule is COc1cc([C@H]2CC(=O)OC3=C2C(=O)CC(C)(C)C3)cc2c1OCO2. The van der Waals surface area contributed by atoms with Crippen LogP contribution in [0, 0.1) is 5.41 Å². The van der Waals surface area contributed by atoms with Crippen LogP contribution >= 0.6 is 0 Å². The molecule has 0 saturated carbocycles. The molecule has 25 heavy (non-hydrogen) atoms. The lowest BCUT2D eigenvalue weighted by molar-refractivity contribution is -0.142. The topological polar surface area (TPSA) is 71.1 Å². The second kappa shape index (κ2) is 5.51. The van der Waals surface area contributed by atoms with E-state index in [2.05, 4.69) is 0 Å². The van der Waals surface area contributed by atoms with Crippen molar-refractivity contribution in [3.63, 3.8) is 0 Å². The summed E-state index contributed by atoms with van der Waals surface area (Å²) in [7, 11) is 1.55. The van der Waals surface area contributed by atoms with Crippen molar-refractivity contribution >= 4 is 11.8 Å². The van der Waals surface area contributed by atoms with Gasteiger partial charge in [-0.2, -0.15) is 0 Å². The molecule has 0 amide bonds. The van der Waals surface area contributed by atoms with Crippen LogP contribution in [0.3, 0.4) is 0 Å². The molecule has 0 spiro atoms. The molecular formula is C19H20O6. The summed E-state index contributed by atoms with van der Waals surface area (Å²) in [6.07, 6.45) is 1.16. The Morgan fingerprint density at radius 3 is 2.72 bits per heavy atom. The molecule has 1 aliphatic carbocycles. The summed E-state index contributed by atoms with van der Waals surface area (Å²) in [5, 5.41) is 0. The monoisotopic (exact) mass is 344 g/mol. The summed E-state index contributed by atoms with van der Waals surface area (Å²) in [4.78, 5) is 24.9. The molecule has 0 unspecified atom stereocenters. The van der Waals surface area contributed by atoms with E-state index in [0.29, 0.717) is 41.4 Å². The minimum atomic E-state index is -0.344. The van der Waals surface area contributed by atoms with Gasteiger partial charge in [0.1, 0.15) is 5.76 Å². The highest BCUT2D eigenvalue weighted by atomic mass is 16.7. The van der Waals surface area contributed by atoms with Crippen LogP contribution in [-0.2, 0) is 14.3 Å². The fraction of sp³-hybridized carbons (Fsp3) is 0.474. The van der Waals surface area contributed by atoms with E-state index < -0.39 is 0 Å². The van der Waals surface area contributed by atoms with Gasteiger partial charge in [0.15, 0.2) is 17.3 Å². The van der Waals surface area contributed by atoms with Crippen LogP contribution in [0.2, 0.25) is 0 Å². The van der Waals surface area contributed by atoms with Gasteiger partial charge in [-0.3, -0.25) is 9.59 Å². The largest absolute Gasteiger partial charge is 0.493 e. The van der Waals surface area contributed by atoms with E-state index in [0.717, 1.165) is 5.56 Å². The zero-order chi connectivity index (χ0) is 17.8. The maximum atomic E-state index is 12.8. The molecule has 6 nitrogen and oxygen atoms in total. The number of fused-ring (bicyclic) bond motifs is 1. The zero-order valence-electron chi connectivity index (χ0n) is 14.5. The highest BCUT2D eigenvalue weighted by molar-refractivity contribution is 6.00. The fourth-order valence-electron chi connectivity index (χ4n) is 3.84. The predicted molar refractivity (Wildman–Crippen MR) is 87.6 cm³/mol. The molecule has 6 heteroatoms. The van der Waals surface area contributed by atoms with Crippen molar-refractivity contribution in [2.24, 2.45) is 5.41 Å². The zero-order valence-corrected chi connectivity index (χ0v) is 14.5. The van der Waals surface area contributed by atoms with Gasteiger partial charge < -0.3 is 18.9 Å². The number of allylic oxidation sites excluding steroid dienone is 2. The van der Waals surface area contributed by atoms with Crippen molar-refractivity contribution in [1.82, 2.24) is 0 Å². The van der Waals surface area contributed by atoms with Gasteiger partial charge in [0.2, 0.25) is 12.5 Å². The molecule has 0 bridgehead atoms. The molecule has 2 heterocycles. The molecule has 2 aliphatic heterocycles. The number of methoxy groups -OCH3 is 1. The molecule has 4 rings (SSSR count). The number of ketones is 1. The third kappa shape index (κ3) is 2.65. The average molecular weight is 344 g/mol. The summed E-state index contributed by atoms with van der Waals surface area (Å²) >= 11 is 0. The number of carbonyl (C=O) groups excluding carboxylic acids is 2. The molecule has 0 saturated heterocycles. The second-order valence-corrected chi connectivity index (χ2v) is 7.47. The van der Waals surface area contributed by atoms with Gasteiger partial charge in [-0.25, -0.2) is 0 Å². The summed E-state index contributed by atoms with van der Waals surface area (Å²) in [6.45, 7) is 4.15. The number of carbonyl (C=O) groups is 2. The third-order valence-electron chi connectivity index (χ3n) is 4.92. The Hall–Kier alpha value is -2.50. The molecule has 0 aromatic heterocycles. The smallest absolute Gasteiger partial charge is 0.311 e. The maximum absolute atomic E-state index is 12.8. The van der Waals surface area contributed by atoms with Gasteiger partial charge >= 0.3 is 5.97 Å². The normalized spacial score (nSPS) is 24.0. The van der Waals surface area contributed by atoms with Crippen molar-refractivity contribution < 1.29 is 28.5 Å². The Balaban J connectivity index is 1.82. The number of Topliss-reactive ketones (excluding diaryl/α,β-unsaturated/α-hetero) is 1. The van der Waals surface area contributed by atoms with Crippen LogP contribution in [-0.4, -0.2) is 25.7 Å². The van der Waals surface area contributed by atoms with Crippen molar-refractivity contribution in [1.29, 1.82) is 0 Å². The van der Waals surface area contributed by atoms with E-state index in [-0.39, 0.29) is 36.3 Å². The van der Waals surface area contributed by atoms with E-state index in [1.54, 1.807) is 7.11 Å². The van der Waals surface area contributed by atoms with Crippen LogP contribution < -0.4 is 14.2 Å². The van der Waals surface area contributed by atoms with E-state index in [1.807, 2.05) is 26.0 Å². The molecule has 132 valence electrons. The first-order valence-electron chi connectivity index (χ1n) is 8.32. The third-order valence-corrected chi connectivity index (χ3v) is 4.92. The number of ether oxygens (including phenoxy) is 4. The Labute approximate surface area is 145 Å². The number of benzene rings is 1. The Morgan fingerprint density at radius 2 is 1.96 bits per heavy atom. The van der Waals surface area contributed by atoms with Crippen molar-refractivity contribution in [3.05, 3.63) is 29.0 Å². The van der Waals surface area contributed by atoms with Crippen molar-refractivity contribution in [2.75, 3.05) is 13.9 Å². The standard InChI is InChI=1S/C19H20O6/c1-19(2)7-12(20)17-11(6-16(21)25-15(17)8-19)10-4-13(22-3)18-14(5-10)23-9-24-18/h4-5,11H,6-9H2,1-3H3/t11-/m1/s1. The number of hydrogen-bond donors (Lipinski definition) is 0. The number of esters is 1. The van der Waals surface area contributed by atoms with E-state index in [1.165, 1.54) is 0 Å². The summed E-state index contributed by atoms with van der Waals surface area (Å²) < 4.78 is 21.7. The number of hydrogen-bond acceptors (Lipinski definition) is 6. The Morgan fingerprint density at radius 1 is 1.16 bits per heavy atom. The lowest BCUT2D eigenvalue weighted by atomic mass is 9.71. The first-order chi connectivity index (χ1) is 11.9. The van der Waals surface area contributed by atoms with Gasteiger partial charge in [-0.05, 0) is 23.1 Å². The van der Waals surface area contributed by atoms with Gasteiger partial charge in [-0.15, -0.1) is 0 Å². The first kappa shape index (κ1) is 16.0.